The molecule has 120 valence electrons. The van der Waals surface area contributed by atoms with E-state index in [0.717, 1.165) is 5.56 Å². The Bertz CT molecular complexity index is 684. The van der Waals surface area contributed by atoms with Gasteiger partial charge in [0, 0.05) is 6.04 Å². The van der Waals surface area contributed by atoms with Crippen molar-refractivity contribution in [2.75, 3.05) is 7.05 Å². The van der Waals surface area contributed by atoms with Crippen molar-refractivity contribution in [3.05, 3.63) is 71.3 Å². The summed E-state index contributed by atoms with van der Waals surface area (Å²) in [5, 5.41) is 12.3. The number of carbonyl (C=O) groups excluding carboxylic acids is 1. The van der Waals surface area contributed by atoms with Crippen LogP contribution in [0.15, 0.2) is 54.6 Å². The summed E-state index contributed by atoms with van der Waals surface area (Å²) in [6.07, 6.45) is -0.518. The molecule has 0 aliphatic carbocycles. The van der Waals surface area contributed by atoms with E-state index in [9.17, 15) is 14.7 Å². The molecule has 0 amide bonds. The fraction of sp³-hybridized carbons (Fsp3) is 0.222. The van der Waals surface area contributed by atoms with Crippen molar-refractivity contribution < 1.29 is 19.4 Å². The topological polar surface area (TPSA) is 75.6 Å². The molecule has 0 saturated heterocycles. The molecule has 0 bridgehead atoms. The highest BCUT2D eigenvalue weighted by molar-refractivity contribution is 6.02. The van der Waals surface area contributed by atoms with Crippen molar-refractivity contribution in [3.63, 3.8) is 0 Å². The number of carboxylic acid groups (broad SMARTS) is 1. The first-order valence-electron chi connectivity index (χ1n) is 7.30. The van der Waals surface area contributed by atoms with Gasteiger partial charge in [-0.05, 0) is 31.7 Å². The van der Waals surface area contributed by atoms with Gasteiger partial charge in [-0.2, -0.15) is 0 Å². The summed E-state index contributed by atoms with van der Waals surface area (Å²) in [4.78, 5) is 23.7. The standard InChI is InChI=1S/C18H19NO4/c1-12(19-2)16(13-8-4-3-5-9-13)23-18(22)15-11-7-6-10-14(15)17(20)21/h3-12,16,19H,1-2H3,(H,20,21). The van der Waals surface area contributed by atoms with E-state index in [1.54, 1.807) is 19.2 Å². The van der Waals surface area contributed by atoms with E-state index in [1.807, 2.05) is 37.3 Å². The second-order valence-corrected chi connectivity index (χ2v) is 5.16. The fourth-order valence-electron chi connectivity index (χ4n) is 2.28. The summed E-state index contributed by atoms with van der Waals surface area (Å²) in [6, 6.07) is 15.3. The molecule has 2 unspecified atom stereocenters. The minimum Gasteiger partial charge on any atom is -0.478 e. The minimum absolute atomic E-state index is 0.0456. The lowest BCUT2D eigenvalue weighted by molar-refractivity contribution is 0.0215. The number of likely N-dealkylation sites (N-methyl/N-ethyl adjacent to an activating group) is 1. The second-order valence-electron chi connectivity index (χ2n) is 5.16. The zero-order valence-corrected chi connectivity index (χ0v) is 13.0. The molecule has 23 heavy (non-hydrogen) atoms. The van der Waals surface area contributed by atoms with Gasteiger partial charge in [-0.3, -0.25) is 0 Å². The number of hydrogen-bond donors (Lipinski definition) is 2. The average molecular weight is 313 g/mol. The third-order valence-corrected chi connectivity index (χ3v) is 3.65. The molecule has 0 saturated carbocycles. The van der Waals surface area contributed by atoms with Crippen LogP contribution in [0.25, 0.3) is 0 Å². The smallest absolute Gasteiger partial charge is 0.339 e. The fourth-order valence-corrected chi connectivity index (χ4v) is 2.28. The third-order valence-electron chi connectivity index (χ3n) is 3.65. The number of carboxylic acids is 1. The van der Waals surface area contributed by atoms with Gasteiger partial charge in [-0.25, -0.2) is 9.59 Å². The van der Waals surface area contributed by atoms with Crippen molar-refractivity contribution in [1.82, 2.24) is 5.32 Å². The molecule has 2 aromatic carbocycles. The third kappa shape index (κ3) is 3.96. The maximum atomic E-state index is 12.5. The number of aromatic carboxylic acids is 1. The lowest BCUT2D eigenvalue weighted by atomic mass is 10.0. The summed E-state index contributed by atoms with van der Waals surface area (Å²) >= 11 is 0. The van der Waals surface area contributed by atoms with Crippen LogP contribution in [0.1, 0.15) is 39.3 Å². The van der Waals surface area contributed by atoms with Crippen LogP contribution in [-0.4, -0.2) is 30.1 Å². The van der Waals surface area contributed by atoms with Crippen LogP contribution in [0.4, 0.5) is 0 Å². The van der Waals surface area contributed by atoms with Gasteiger partial charge in [-0.15, -0.1) is 0 Å². The highest BCUT2D eigenvalue weighted by Gasteiger charge is 2.25. The maximum Gasteiger partial charge on any atom is 0.339 e. The van der Waals surface area contributed by atoms with Gasteiger partial charge in [0.15, 0.2) is 0 Å². The van der Waals surface area contributed by atoms with Crippen molar-refractivity contribution in [3.8, 4) is 0 Å². The number of carbonyl (C=O) groups is 2. The average Bonchev–Trinajstić information content (AvgIpc) is 2.59. The van der Waals surface area contributed by atoms with Crippen LogP contribution in [-0.2, 0) is 4.74 Å². The molecule has 0 radical (unpaired) electrons. The molecule has 0 aliphatic rings. The maximum absolute atomic E-state index is 12.5. The number of hydrogen-bond acceptors (Lipinski definition) is 4. The van der Waals surface area contributed by atoms with Gasteiger partial charge in [0.25, 0.3) is 0 Å². The molecule has 2 rings (SSSR count). The number of benzene rings is 2. The van der Waals surface area contributed by atoms with E-state index < -0.39 is 18.0 Å². The number of rotatable bonds is 6. The molecular weight excluding hydrogens is 294 g/mol. The molecule has 0 heterocycles. The molecule has 2 N–H and O–H groups in total. The second kappa shape index (κ2) is 7.56. The minimum atomic E-state index is -1.16. The summed E-state index contributed by atoms with van der Waals surface area (Å²) in [6.45, 7) is 1.90. The normalized spacial score (nSPS) is 13.1. The van der Waals surface area contributed by atoms with Crippen molar-refractivity contribution in [2.45, 2.75) is 19.1 Å². The van der Waals surface area contributed by atoms with E-state index in [2.05, 4.69) is 5.32 Å². The Morgan fingerprint density at radius 2 is 1.57 bits per heavy atom. The highest BCUT2D eigenvalue weighted by Crippen LogP contribution is 2.23. The van der Waals surface area contributed by atoms with Crippen LogP contribution in [0.2, 0.25) is 0 Å². The first-order valence-corrected chi connectivity index (χ1v) is 7.30. The highest BCUT2D eigenvalue weighted by atomic mass is 16.5. The van der Waals surface area contributed by atoms with Crippen LogP contribution < -0.4 is 5.32 Å². The molecule has 0 spiro atoms. The Labute approximate surface area is 134 Å². The van der Waals surface area contributed by atoms with Gasteiger partial charge in [0.05, 0.1) is 11.1 Å². The van der Waals surface area contributed by atoms with Crippen LogP contribution >= 0.6 is 0 Å². The predicted molar refractivity (Wildman–Crippen MR) is 86.5 cm³/mol. The first kappa shape index (κ1) is 16.7. The van der Waals surface area contributed by atoms with E-state index >= 15 is 0 Å². The molecule has 5 nitrogen and oxygen atoms in total. The first-order chi connectivity index (χ1) is 11.0. The predicted octanol–water partition coefficient (Wildman–Crippen LogP) is 2.89. The SMILES string of the molecule is CNC(C)C(OC(=O)c1ccccc1C(=O)O)c1ccccc1. The van der Waals surface area contributed by atoms with Gasteiger partial charge in [-0.1, -0.05) is 42.5 Å². The molecule has 2 atom stereocenters. The van der Waals surface area contributed by atoms with Gasteiger partial charge in [0.1, 0.15) is 6.10 Å². The largest absolute Gasteiger partial charge is 0.478 e. The van der Waals surface area contributed by atoms with Gasteiger partial charge < -0.3 is 15.2 Å². The van der Waals surface area contributed by atoms with E-state index in [1.165, 1.54) is 12.1 Å². The van der Waals surface area contributed by atoms with E-state index in [0.29, 0.717) is 0 Å². The summed E-state index contributed by atoms with van der Waals surface area (Å²) in [5.41, 5.74) is 0.821. The van der Waals surface area contributed by atoms with Crippen molar-refractivity contribution >= 4 is 11.9 Å². The molecular formula is C18H19NO4. The van der Waals surface area contributed by atoms with Crippen LogP contribution in [0.3, 0.4) is 0 Å². The van der Waals surface area contributed by atoms with Crippen molar-refractivity contribution in [2.24, 2.45) is 0 Å². The van der Waals surface area contributed by atoms with Gasteiger partial charge in [0.2, 0.25) is 0 Å². The Hall–Kier alpha value is -2.66. The molecule has 5 heteroatoms. The number of nitrogens with one attached hydrogen (secondary N) is 1. The van der Waals surface area contributed by atoms with Crippen molar-refractivity contribution in [1.29, 1.82) is 0 Å². The Balaban J connectivity index is 2.30. The summed E-state index contributed by atoms with van der Waals surface area (Å²) in [5.74, 6) is -1.81. The lowest BCUT2D eigenvalue weighted by Gasteiger charge is -2.24. The number of esters is 1. The Morgan fingerprint density at radius 1 is 1.00 bits per heavy atom. The summed E-state index contributed by atoms with van der Waals surface area (Å²) < 4.78 is 5.60. The monoisotopic (exact) mass is 313 g/mol. The quantitative estimate of drug-likeness (QED) is 0.802. The van der Waals surface area contributed by atoms with Crippen LogP contribution in [0.5, 0.6) is 0 Å². The Morgan fingerprint density at radius 3 is 2.13 bits per heavy atom. The Kier molecular flexibility index (Phi) is 5.49. The zero-order valence-electron chi connectivity index (χ0n) is 13.0. The lowest BCUT2D eigenvalue weighted by Crippen LogP contribution is -2.32. The molecule has 0 aromatic heterocycles. The van der Waals surface area contributed by atoms with Gasteiger partial charge >= 0.3 is 11.9 Å². The molecule has 2 aromatic rings. The molecule has 0 aliphatic heterocycles. The van der Waals surface area contributed by atoms with E-state index in [4.69, 9.17) is 4.74 Å². The molecule has 0 fully saturated rings. The summed E-state index contributed by atoms with van der Waals surface area (Å²) in [7, 11) is 1.78. The van der Waals surface area contributed by atoms with E-state index in [-0.39, 0.29) is 17.2 Å². The van der Waals surface area contributed by atoms with Crippen LogP contribution in [0, 0.1) is 0 Å². The zero-order chi connectivity index (χ0) is 16.8. The number of ether oxygens (including phenoxy) is 1.